The average molecular weight is 1420 g/mol. The zero-order valence-electron chi connectivity index (χ0n) is 66.4. The molecule has 0 bridgehead atoms. The van der Waals surface area contributed by atoms with E-state index in [0.29, 0.717) is 23.9 Å². The highest BCUT2D eigenvalue weighted by molar-refractivity contribution is 7.47. The summed E-state index contributed by atoms with van der Waals surface area (Å²) >= 11 is 0. The Morgan fingerprint density at radius 2 is 0.540 bits per heavy atom. The maximum atomic E-state index is 12.9. The first-order valence-electron chi connectivity index (χ1n) is 42.6. The van der Waals surface area contributed by atoms with Crippen molar-refractivity contribution in [1.82, 2.24) is 0 Å². The van der Waals surface area contributed by atoms with Gasteiger partial charge in [0.25, 0.3) is 0 Å². The third-order valence-corrected chi connectivity index (χ3v) is 19.8. The molecule has 0 amide bonds. The highest BCUT2D eigenvalue weighted by Crippen LogP contribution is 2.43. The summed E-state index contributed by atoms with van der Waals surface area (Å²) in [5, 5.41) is 0. The molecule has 0 aliphatic carbocycles. The third-order valence-electron chi connectivity index (χ3n) is 18.8. The van der Waals surface area contributed by atoms with Gasteiger partial charge in [-0.3, -0.25) is 18.6 Å². The van der Waals surface area contributed by atoms with Gasteiger partial charge in [-0.1, -0.05) is 399 Å². The molecule has 0 aliphatic rings. The first-order valence-corrected chi connectivity index (χ1v) is 44.1. The quantitative estimate of drug-likeness (QED) is 0.0211. The van der Waals surface area contributed by atoms with E-state index in [1.54, 1.807) is 0 Å². The Morgan fingerprint density at radius 1 is 0.310 bits per heavy atom. The van der Waals surface area contributed by atoms with Gasteiger partial charge in [0, 0.05) is 12.8 Å². The van der Waals surface area contributed by atoms with Gasteiger partial charge in [-0.2, -0.15) is 0 Å². The molecule has 0 aromatic rings. The fourth-order valence-corrected chi connectivity index (χ4v) is 13.1. The maximum absolute atomic E-state index is 12.9. The molecule has 0 radical (unpaired) electrons. The highest BCUT2D eigenvalue weighted by atomic mass is 31.2. The first-order chi connectivity index (χ1) is 49.0. The summed E-state index contributed by atoms with van der Waals surface area (Å²) in [4.78, 5) is 36.0. The van der Waals surface area contributed by atoms with Crippen molar-refractivity contribution in [3.63, 3.8) is 0 Å². The number of likely N-dealkylation sites (N-methyl/N-ethyl adjacent to an activating group) is 1. The minimum absolute atomic E-state index is 0.0323. The number of rotatable bonds is 79. The predicted octanol–water partition coefficient (Wildman–Crippen LogP) is 28.7. The molecule has 0 aromatic carbocycles. The van der Waals surface area contributed by atoms with E-state index < -0.39 is 26.5 Å². The Morgan fingerprint density at radius 3 is 0.800 bits per heavy atom. The Hall–Kier alpha value is -3.33. The molecule has 0 heterocycles. The van der Waals surface area contributed by atoms with Crippen molar-refractivity contribution in [3.8, 4) is 0 Å². The van der Waals surface area contributed by atoms with Gasteiger partial charge in [0.05, 0.1) is 27.7 Å². The second-order valence-electron chi connectivity index (χ2n) is 29.8. The lowest BCUT2D eigenvalue weighted by atomic mass is 10.0. The molecule has 0 rings (SSSR count). The number of esters is 2. The van der Waals surface area contributed by atoms with Gasteiger partial charge in [-0.05, 0) is 96.3 Å². The van der Waals surface area contributed by atoms with Crippen LogP contribution >= 0.6 is 7.82 Å². The van der Waals surface area contributed by atoms with Crippen molar-refractivity contribution in [1.29, 1.82) is 0 Å². The molecule has 0 saturated carbocycles. The van der Waals surface area contributed by atoms with Crippen molar-refractivity contribution in [3.05, 3.63) is 109 Å². The molecule has 1 N–H and O–H groups in total. The van der Waals surface area contributed by atoms with Crippen LogP contribution in [0.2, 0.25) is 0 Å². The summed E-state index contributed by atoms with van der Waals surface area (Å²) in [5.41, 5.74) is 0. The minimum Gasteiger partial charge on any atom is -0.462 e. The number of phosphoric ester groups is 1. The second-order valence-corrected chi connectivity index (χ2v) is 31.3. The number of hydrogen-bond donors (Lipinski definition) is 1. The molecule has 0 aromatic heterocycles. The maximum Gasteiger partial charge on any atom is 0.472 e. The van der Waals surface area contributed by atoms with E-state index in [-0.39, 0.29) is 25.6 Å². The van der Waals surface area contributed by atoms with Crippen molar-refractivity contribution in [2.24, 2.45) is 0 Å². The fourth-order valence-electron chi connectivity index (χ4n) is 12.4. The van der Waals surface area contributed by atoms with E-state index in [1.165, 1.54) is 276 Å². The molecule has 2 unspecified atom stereocenters. The van der Waals surface area contributed by atoms with E-state index in [4.69, 9.17) is 18.5 Å². The minimum atomic E-state index is -4.40. The zero-order valence-corrected chi connectivity index (χ0v) is 67.3. The van der Waals surface area contributed by atoms with Gasteiger partial charge in [0.2, 0.25) is 0 Å². The van der Waals surface area contributed by atoms with Crippen LogP contribution in [0.3, 0.4) is 0 Å². The van der Waals surface area contributed by atoms with E-state index >= 15 is 0 Å². The number of nitrogens with zero attached hydrogens (tertiary/aromatic N) is 1. The number of unbranched alkanes of at least 4 members (excludes halogenated alkanes) is 47. The first kappa shape index (κ1) is 96.7. The van der Waals surface area contributed by atoms with Crippen molar-refractivity contribution in [2.45, 2.75) is 405 Å². The van der Waals surface area contributed by atoms with Gasteiger partial charge in [0.15, 0.2) is 6.10 Å². The van der Waals surface area contributed by atoms with Crippen LogP contribution < -0.4 is 0 Å². The molecule has 0 fully saturated rings. The average Bonchev–Trinajstić information content (AvgIpc) is 1.02. The highest BCUT2D eigenvalue weighted by Gasteiger charge is 2.27. The summed E-state index contributed by atoms with van der Waals surface area (Å²) in [6.45, 7) is 4.27. The monoisotopic (exact) mass is 1420 g/mol. The summed E-state index contributed by atoms with van der Waals surface area (Å²) in [6, 6.07) is 0. The topological polar surface area (TPSA) is 108 Å². The molecule has 0 aliphatic heterocycles. The van der Waals surface area contributed by atoms with Crippen molar-refractivity contribution < 1.29 is 42.1 Å². The van der Waals surface area contributed by atoms with E-state index in [9.17, 15) is 19.0 Å². The largest absolute Gasteiger partial charge is 0.472 e. The number of carbonyl (C=O) groups excluding carboxylic acids is 2. The summed E-state index contributed by atoms with van der Waals surface area (Å²) in [5.74, 6) is -0.777. The number of quaternary nitrogens is 1. The molecule has 9 nitrogen and oxygen atoms in total. The van der Waals surface area contributed by atoms with Crippen LogP contribution in [-0.4, -0.2) is 74.9 Å². The van der Waals surface area contributed by atoms with Gasteiger partial charge < -0.3 is 18.9 Å². The molecule has 0 saturated heterocycles. The Kier molecular flexibility index (Phi) is 77.1. The normalized spacial score (nSPS) is 13.5. The molecular formula is C90H163NO8P+. The number of carbonyl (C=O) groups is 2. The molecule has 10 heteroatoms. The van der Waals surface area contributed by atoms with Crippen LogP contribution in [0, 0.1) is 0 Å². The lowest BCUT2D eigenvalue weighted by Crippen LogP contribution is -2.37. The van der Waals surface area contributed by atoms with Gasteiger partial charge in [-0.25, -0.2) is 4.57 Å². The van der Waals surface area contributed by atoms with Crippen LogP contribution in [0.4, 0.5) is 0 Å². The fraction of sp³-hybridized carbons (Fsp3) is 0.778. The number of allylic oxidation sites excluding steroid dienone is 18. The lowest BCUT2D eigenvalue weighted by molar-refractivity contribution is -0.870. The van der Waals surface area contributed by atoms with Crippen LogP contribution in [0.5, 0.6) is 0 Å². The van der Waals surface area contributed by atoms with Crippen LogP contribution in [0.1, 0.15) is 399 Å². The standard InChI is InChI=1S/C90H162NO8P/c1-6-8-10-12-14-16-18-20-22-24-26-28-30-32-34-36-38-40-42-44-45-47-48-50-52-54-56-58-60-62-64-66-68-70-72-74-76-78-80-82-89(92)96-86-88(87-98-100(94,95)97-85-84-91(3,4)5)99-90(93)83-81-79-77-75-73-71-69-67-65-63-61-59-57-55-53-51-49-46-43-41-39-37-35-33-31-29-27-25-23-21-19-17-15-13-11-9-7-2/h8-11,14-17,20-23,26-29,33,35,88H,6-7,12-13,18-19,24-25,30-32,34,36-87H2,1-5H3/p+1/b10-8-,11-9-,16-14-,17-15-,22-20-,23-21-,28-26-,29-27-,35-33-. The van der Waals surface area contributed by atoms with Crippen LogP contribution in [0.15, 0.2) is 109 Å². The molecular weight excluding hydrogens is 1250 g/mol. The predicted molar refractivity (Wildman–Crippen MR) is 436 cm³/mol. The van der Waals surface area contributed by atoms with Gasteiger partial charge >= 0.3 is 19.8 Å². The van der Waals surface area contributed by atoms with E-state index in [2.05, 4.69) is 123 Å². The SMILES string of the molecule is CC/C=C\C/C=C\C/C=C\C/C=C\C/C=C\CCCCCCCCCCCCCCCCCCCCCCCC(=O)OC(COC(=O)CCCCCCCCCCCCCCCCCCCCCCCCCCCC/C=C\C/C=C\C/C=C\C/C=C\CC)COP(=O)(O)OCC[N+](C)(C)C. The Bertz CT molecular complexity index is 2060. The Balaban J connectivity index is 3.88. The number of hydrogen-bond acceptors (Lipinski definition) is 7. The van der Waals surface area contributed by atoms with E-state index in [0.717, 1.165) is 89.9 Å². The Labute approximate surface area is 620 Å². The van der Waals surface area contributed by atoms with E-state index in [1.807, 2.05) is 21.1 Å². The second kappa shape index (κ2) is 79.8. The molecule has 580 valence electrons. The van der Waals surface area contributed by atoms with Crippen molar-refractivity contribution in [2.75, 3.05) is 47.5 Å². The summed E-state index contributed by atoms with van der Waals surface area (Å²) < 4.78 is 34.9. The summed E-state index contributed by atoms with van der Waals surface area (Å²) in [7, 11) is 1.49. The molecule has 0 spiro atoms. The van der Waals surface area contributed by atoms with Crippen LogP contribution in [-0.2, 0) is 32.7 Å². The number of ether oxygens (including phenoxy) is 2. The van der Waals surface area contributed by atoms with Gasteiger partial charge in [-0.15, -0.1) is 0 Å². The smallest absolute Gasteiger partial charge is 0.462 e. The number of phosphoric acid groups is 1. The lowest BCUT2D eigenvalue weighted by Gasteiger charge is -2.24. The van der Waals surface area contributed by atoms with Crippen molar-refractivity contribution >= 4 is 19.8 Å². The summed E-state index contributed by atoms with van der Waals surface area (Å²) in [6.07, 6.45) is 114. The van der Waals surface area contributed by atoms with Gasteiger partial charge in [0.1, 0.15) is 19.8 Å². The zero-order chi connectivity index (χ0) is 72.5. The van der Waals surface area contributed by atoms with Crippen LogP contribution in [0.25, 0.3) is 0 Å². The molecule has 2 atom stereocenters. The molecule has 100 heavy (non-hydrogen) atoms. The third kappa shape index (κ3) is 83.6.